The molecule has 0 aliphatic heterocycles. The number of rotatable bonds is 6. The molecule has 0 heterocycles. The quantitative estimate of drug-likeness (QED) is 0.805. The number of hydrogen-bond acceptors (Lipinski definition) is 3. The van der Waals surface area contributed by atoms with Crippen molar-refractivity contribution in [2.24, 2.45) is 5.73 Å². The average Bonchev–Trinajstić information content (AvgIpc) is 2.38. The van der Waals surface area contributed by atoms with Crippen molar-refractivity contribution in [1.82, 2.24) is 5.32 Å². The lowest BCUT2D eigenvalue weighted by Gasteiger charge is -2.17. The smallest absolute Gasteiger partial charge is 0.251 e. The van der Waals surface area contributed by atoms with Crippen LogP contribution in [0.4, 0.5) is 5.69 Å². The number of hydrogen-bond donors (Lipinski definition) is 2. The first-order chi connectivity index (χ1) is 8.58. The zero-order valence-corrected chi connectivity index (χ0v) is 11.4. The van der Waals surface area contributed by atoms with Crippen LogP contribution < -0.4 is 16.0 Å². The number of nitrogens with zero attached hydrogens (tertiary/aromatic N) is 1. The predicted octanol–water partition coefficient (Wildman–Crippen LogP) is 1.61. The van der Waals surface area contributed by atoms with Crippen LogP contribution in [0.15, 0.2) is 24.3 Å². The molecule has 3 N–H and O–H groups in total. The van der Waals surface area contributed by atoms with E-state index in [2.05, 4.69) is 12.2 Å². The van der Waals surface area contributed by atoms with Crippen LogP contribution in [0, 0.1) is 0 Å². The van der Waals surface area contributed by atoms with E-state index < -0.39 is 0 Å². The molecule has 0 aliphatic rings. The molecule has 4 heteroatoms. The number of benzene rings is 1. The van der Waals surface area contributed by atoms with Crippen molar-refractivity contribution in [2.75, 3.05) is 25.5 Å². The number of amides is 1. The lowest BCUT2D eigenvalue weighted by Crippen LogP contribution is -2.40. The second kappa shape index (κ2) is 7.01. The first kappa shape index (κ1) is 14.5. The van der Waals surface area contributed by atoms with Gasteiger partial charge in [0.1, 0.15) is 0 Å². The van der Waals surface area contributed by atoms with Gasteiger partial charge in [-0.25, -0.2) is 0 Å². The molecule has 1 aromatic rings. The highest BCUT2D eigenvalue weighted by atomic mass is 16.1. The van der Waals surface area contributed by atoms with Gasteiger partial charge in [0.15, 0.2) is 0 Å². The molecule has 0 aromatic heterocycles. The lowest BCUT2D eigenvalue weighted by molar-refractivity contribution is 0.0936. The lowest BCUT2D eigenvalue weighted by atomic mass is 10.1. The molecule has 18 heavy (non-hydrogen) atoms. The Morgan fingerprint density at radius 3 is 2.72 bits per heavy atom. The van der Waals surface area contributed by atoms with Gasteiger partial charge in [0.05, 0.1) is 0 Å². The first-order valence-electron chi connectivity index (χ1n) is 6.36. The second-order valence-electron chi connectivity index (χ2n) is 4.64. The Labute approximate surface area is 109 Å². The van der Waals surface area contributed by atoms with Crippen LogP contribution in [0.25, 0.3) is 0 Å². The van der Waals surface area contributed by atoms with Gasteiger partial charge in [0, 0.05) is 37.9 Å². The molecule has 4 nitrogen and oxygen atoms in total. The molecular weight excluding hydrogens is 226 g/mol. The van der Waals surface area contributed by atoms with Crippen molar-refractivity contribution < 1.29 is 4.79 Å². The molecule has 1 rings (SSSR count). The second-order valence-corrected chi connectivity index (χ2v) is 4.64. The van der Waals surface area contributed by atoms with Crippen molar-refractivity contribution in [1.29, 1.82) is 0 Å². The van der Waals surface area contributed by atoms with Crippen LogP contribution in [0.5, 0.6) is 0 Å². The topological polar surface area (TPSA) is 58.4 Å². The van der Waals surface area contributed by atoms with Crippen LogP contribution in [0.1, 0.15) is 30.1 Å². The monoisotopic (exact) mass is 249 g/mol. The first-order valence-corrected chi connectivity index (χ1v) is 6.36. The molecule has 0 bridgehead atoms. The number of anilines is 1. The van der Waals surface area contributed by atoms with Gasteiger partial charge in [-0.15, -0.1) is 0 Å². The van der Waals surface area contributed by atoms with Crippen molar-refractivity contribution in [3.63, 3.8) is 0 Å². The number of nitrogens with one attached hydrogen (secondary N) is 1. The summed E-state index contributed by atoms with van der Waals surface area (Å²) < 4.78 is 0. The van der Waals surface area contributed by atoms with Crippen molar-refractivity contribution in [3.8, 4) is 0 Å². The predicted molar refractivity (Wildman–Crippen MR) is 76.0 cm³/mol. The van der Waals surface area contributed by atoms with Crippen molar-refractivity contribution in [2.45, 2.75) is 25.8 Å². The van der Waals surface area contributed by atoms with Gasteiger partial charge >= 0.3 is 0 Å². The summed E-state index contributed by atoms with van der Waals surface area (Å²) >= 11 is 0. The molecule has 1 atom stereocenters. The maximum Gasteiger partial charge on any atom is 0.251 e. The summed E-state index contributed by atoms with van der Waals surface area (Å²) in [5.41, 5.74) is 7.33. The minimum Gasteiger partial charge on any atom is -0.378 e. The normalized spacial score (nSPS) is 12.0. The fourth-order valence-electron chi connectivity index (χ4n) is 1.79. The third-order valence-electron chi connectivity index (χ3n) is 2.88. The van der Waals surface area contributed by atoms with Crippen molar-refractivity contribution >= 4 is 11.6 Å². The fraction of sp³-hybridized carbons (Fsp3) is 0.500. The highest BCUT2D eigenvalue weighted by molar-refractivity contribution is 5.95. The molecule has 100 valence electrons. The summed E-state index contributed by atoms with van der Waals surface area (Å²) in [7, 11) is 3.91. The molecular formula is C14H23N3O. The summed E-state index contributed by atoms with van der Waals surface area (Å²) in [6, 6.07) is 7.63. The molecule has 1 aromatic carbocycles. The van der Waals surface area contributed by atoms with Crippen LogP contribution >= 0.6 is 0 Å². The Bertz CT molecular complexity index is 390. The average molecular weight is 249 g/mol. The molecule has 0 radical (unpaired) electrons. The van der Waals surface area contributed by atoms with Gasteiger partial charge in [-0.2, -0.15) is 0 Å². The zero-order valence-electron chi connectivity index (χ0n) is 11.4. The minimum absolute atomic E-state index is 0.0531. The number of carbonyl (C=O) groups excluding carboxylic acids is 1. The van der Waals surface area contributed by atoms with E-state index >= 15 is 0 Å². The molecule has 0 aliphatic carbocycles. The van der Waals surface area contributed by atoms with Crippen molar-refractivity contribution in [3.05, 3.63) is 29.8 Å². The summed E-state index contributed by atoms with van der Waals surface area (Å²) in [5, 5.41) is 2.97. The summed E-state index contributed by atoms with van der Waals surface area (Å²) in [6.45, 7) is 2.56. The Kier molecular flexibility index (Phi) is 5.65. The highest BCUT2D eigenvalue weighted by Gasteiger charge is 2.12. The fourth-order valence-corrected chi connectivity index (χ4v) is 1.79. The van der Waals surface area contributed by atoms with E-state index in [0.29, 0.717) is 12.1 Å². The van der Waals surface area contributed by atoms with Crippen LogP contribution in [-0.4, -0.2) is 32.6 Å². The Balaban J connectivity index is 2.74. The van der Waals surface area contributed by atoms with E-state index in [9.17, 15) is 4.79 Å². The van der Waals surface area contributed by atoms with Gasteiger partial charge in [0.2, 0.25) is 0 Å². The molecule has 0 saturated carbocycles. The maximum atomic E-state index is 12.1. The SMILES string of the molecule is CCCC(CN)NC(=O)c1cccc(N(C)C)c1. The molecule has 0 saturated heterocycles. The van der Waals surface area contributed by atoms with Gasteiger partial charge in [-0.1, -0.05) is 19.4 Å². The van der Waals surface area contributed by atoms with Gasteiger partial charge < -0.3 is 16.0 Å². The number of carbonyl (C=O) groups is 1. The van der Waals surface area contributed by atoms with Gasteiger partial charge in [0.25, 0.3) is 5.91 Å². The molecule has 1 amide bonds. The van der Waals surface area contributed by atoms with E-state index in [4.69, 9.17) is 5.73 Å². The van der Waals surface area contributed by atoms with Crippen LogP contribution in [0.3, 0.4) is 0 Å². The van der Waals surface area contributed by atoms with E-state index in [1.165, 1.54) is 0 Å². The third kappa shape index (κ3) is 4.04. The molecule has 0 spiro atoms. The Hall–Kier alpha value is -1.55. The zero-order chi connectivity index (χ0) is 13.5. The molecule has 1 unspecified atom stereocenters. The van der Waals surface area contributed by atoms with E-state index in [1.54, 1.807) is 0 Å². The van der Waals surface area contributed by atoms with E-state index in [0.717, 1.165) is 18.5 Å². The Morgan fingerprint density at radius 1 is 1.44 bits per heavy atom. The summed E-state index contributed by atoms with van der Waals surface area (Å²) in [4.78, 5) is 14.1. The summed E-state index contributed by atoms with van der Waals surface area (Å²) in [5.74, 6) is -0.0531. The summed E-state index contributed by atoms with van der Waals surface area (Å²) in [6.07, 6.45) is 1.93. The van der Waals surface area contributed by atoms with E-state index in [1.807, 2.05) is 43.3 Å². The third-order valence-corrected chi connectivity index (χ3v) is 2.88. The maximum absolute atomic E-state index is 12.1. The van der Waals surface area contributed by atoms with Gasteiger partial charge in [-0.05, 0) is 24.6 Å². The highest BCUT2D eigenvalue weighted by Crippen LogP contribution is 2.13. The largest absolute Gasteiger partial charge is 0.378 e. The van der Waals surface area contributed by atoms with Crippen LogP contribution in [0.2, 0.25) is 0 Å². The van der Waals surface area contributed by atoms with Gasteiger partial charge in [-0.3, -0.25) is 4.79 Å². The van der Waals surface area contributed by atoms with E-state index in [-0.39, 0.29) is 11.9 Å². The standard InChI is InChI=1S/C14H23N3O/c1-4-6-12(10-15)16-14(18)11-7-5-8-13(9-11)17(2)3/h5,7-9,12H,4,6,10,15H2,1-3H3,(H,16,18). The molecule has 0 fully saturated rings. The minimum atomic E-state index is -0.0531. The Morgan fingerprint density at radius 2 is 2.17 bits per heavy atom. The number of nitrogens with two attached hydrogens (primary N) is 1. The van der Waals surface area contributed by atoms with Crippen LogP contribution in [-0.2, 0) is 0 Å².